The molecule has 30 heavy (non-hydrogen) atoms. The highest BCUT2D eigenvalue weighted by Gasteiger charge is 2.44. The molecule has 0 aromatic heterocycles. The number of benzene rings is 1. The third-order valence-electron chi connectivity index (χ3n) is 5.44. The van der Waals surface area contributed by atoms with Crippen LogP contribution >= 0.6 is 0 Å². The average Bonchev–Trinajstić information content (AvgIpc) is 2.89. The molecule has 0 spiro atoms. The van der Waals surface area contributed by atoms with Crippen LogP contribution in [0.1, 0.15) is 49.4 Å². The number of nitrogens with zero attached hydrogens (tertiary/aromatic N) is 2. The number of carbonyl (C=O) groups is 5. The summed E-state index contributed by atoms with van der Waals surface area (Å²) in [6.07, 6.45) is 2.25. The van der Waals surface area contributed by atoms with Crippen LogP contribution in [0, 0.1) is 0 Å². The Morgan fingerprint density at radius 3 is 2.60 bits per heavy atom. The fourth-order valence-electron chi connectivity index (χ4n) is 3.75. The molecule has 2 saturated heterocycles. The number of rotatable bonds is 6. The van der Waals surface area contributed by atoms with Crippen molar-refractivity contribution in [3.05, 3.63) is 35.9 Å². The summed E-state index contributed by atoms with van der Waals surface area (Å²) in [6.45, 7) is 2.10. The second-order valence-corrected chi connectivity index (χ2v) is 7.45. The van der Waals surface area contributed by atoms with E-state index in [1.165, 1.54) is 10.0 Å². The molecule has 0 saturated carbocycles. The van der Waals surface area contributed by atoms with Gasteiger partial charge in [-0.1, -0.05) is 25.1 Å². The molecule has 1 aromatic rings. The average molecular weight is 414 g/mol. The van der Waals surface area contributed by atoms with Gasteiger partial charge >= 0.3 is 0 Å². The van der Waals surface area contributed by atoms with Crippen molar-refractivity contribution in [1.29, 1.82) is 0 Å². The number of carbonyl (C=O) groups excluding carboxylic acids is 5. The third kappa shape index (κ3) is 4.50. The molecule has 3 rings (SSSR count). The van der Waals surface area contributed by atoms with Crippen LogP contribution in [0.25, 0.3) is 0 Å². The molecule has 2 N–H and O–H groups in total. The van der Waals surface area contributed by atoms with Gasteiger partial charge in [-0.05, 0) is 37.8 Å². The highest BCUT2D eigenvalue weighted by molar-refractivity contribution is 5.99. The molecule has 9 heteroatoms. The molecule has 2 fully saturated rings. The van der Waals surface area contributed by atoms with E-state index in [1.54, 1.807) is 37.3 Å². The summed E-state index contributed by atoms with van der Waals surface area (Å²) < 4.78 is 0. The first-order chi connectivity index (χ1) is 14.5. The molecule has 2 aliphatic heterocycles. The van der Waals surface area contributed by atoms with E-state index < -0.39 is 35.8 Å². The fraction of sp³-hybridized carbons (Fsp3) is 0.476. The second kappa shape index (κ2) is 9.51. The molecule has 0 unspecified atom stereocenters. The smallest absolute Gasteiger partial charge is 0.264 e. The Morgan fingerprint density at radius 1 is 1.20 bits per heavy atom. The van der Waals surface area contributed by atoms with Crippen LogP contribution in [0.15, 0.2) is 30.3 Å². The Balaban J connectivity index is 1.82. The van der Waals surface area contributed by atoms with Gasteiger partial charge in [0.2, 0.25) is 11.8 Å². The summed E-state index contributed by atoms with van der Waals surface area (Å²) in [5, 5.41) is 7.83. The van der Waals surface area contributed by atoms with E-state index in [1.807, 2.05) is 0 Å². The Bertz CT molecular complexity index is 828. The summed E-state index contributed by atoms with van der Waals surface area (Å²) in [7, 11) is 0. The minimum Gasteiger partial charge on any atom is -0.345 e. The number of fused-ring (bicyclic) bond motifs is 1. The van der Waals surface area contributed by atoms with Gasteiger partial charge < -0.3 is 15.4 Å². The number of hydrogen-bond donors (Lipinski definition) is 2. The first-order valence-corrected chi connectivity index (χ1v) is 10.2. The zero-order valence-corrected chi connectivity index (χ0v) is 16.9. The topological polar surface area (TPSA) is 116 Å². The van der Waals surface area contributed by atoms with E-state index in [9.17, 15) is 24.0 Å². The predicted octanol–water partition coefficient (Wildman–Crippen LogP) is 0.407. The maximum absolute atomic E-state index is 13.3. The normalized spacial score (nSPS) is 22.6. The van der Waals surface area contributed by atoms with Gasteiger partial charge in [0.05, 0.1) is 6.04 Å². The van der Waals surface area contributed by atoms with E-state index in [-0.39, 0.29) is 18.7 Å². The number of hydrogen-bond acceptors (Lipinski definition) is 5. The van der Waals surface area contributed by atoms with E-state index in [0.29, 0.717) is 37.7 Å². The Kier molecular flexibility index (Phi) is 6.81. The summed E-state index contributed by atoms with van der Waals surface area (Å²) in [5.74, 6) is -1.65. The van der Waals surface area contributed by atoms with Crippen molar-refractivity contribution in [1.82, 2.24) is 20.7 Å². The van der Waals surface area contributed by atoms with Gasteiger partial charge in [-0.2, -0.15) is 0 Å². The van der Waals surface area contributed by atoms with Crippen LogP contribution in [0.4, 0.5) is 0 Å². The predicted molar refractivity (Wildman–Crippen MR) is 107 cm³/mol. The second-order valence-electron chi connectivity index (χ2n) is 7.45. The number of amides is 4. The summed E-state index contributed by atoms with van der Waals surface area (Å²) in [5.41, 5.74) is 0.405. The number of aldehydes is 1. The van der Waals surface area contributed by atoms with Crippen LogP contribution < -0.4 is 10.6 Å². The van der Waals surface area contributed by atoms with Crippen molar-refractivity contribution in [3.8, 4) is 0 Å². The van der Waals surface area contributed by atoms with Crippen molar-refractivity contribution in [2.24, 2.45) is 0 Å². The third-order valence-corrected chi connectivity index (χ3v) is 5.44. The lowest BCUT2D eigenvalue weighted by atomic mass is 10.0. The number of hydrazine groups is 1. The van der Waals surface area contributed by atoms with Gasteiger partial charge in [-0.25, -0.2) is 5.01 Å². The zero-order valence-electron chi connectivity index (χ0n) is 16.9. The molecular formula is C21H26N4O5. The van der Waals surface area contributed by atoms with Crippen molar-refractivity contribution in [2.45, 2.75) is 57.2 Å². The molecule has 0 radical (unpaired) electrons. The van der Waals surface area contributed by atoms with Crippen LogP contribution in [-0.4, -0.2) is 64.6 Å². The van der Waals surface area contributed by atoms with Gasteiger partial charge in [0.1, 0.15) is 18.4 Å². The van der Waals surface area contributed by atoms with Gasteiger partial charge in [0, 0.05) is 18.5 Å². The quantitative estimate of drug-likeness (QED) is 0.654. The lowest BCUT2D eigenvalue weighted by Crippen LogP contribution is -2.64. The fourth-order valence-corrected chi connectivity index (χ4v) is 3.75. The van der Waals surface area contributed by atoms with E-state index in [0.717, 1.165) is 0 Å². The maximum Gasteiger partial charge on any atom is 0.264 e. The van der Waals surface area contributed by atoms with Crippen LogP contribution in [0.3, 0.4) is 0 Å². The highest BCUT2D eigenvalue weighted by Crippen LogP contribution is 2.25. The first kappa shape index (κ1) is 21.5. The summed E-state index contributed by atoms with van der Waals surface area (Å²) in [6, 6.07) is 6.01. The first-order valence-electron chi connectivity index (χ1n) is 10.2. The Labute approximate surface area is 174 Å². The largest absolute Gasteiger partial charge is 0.345 e. The molecule has 9 nitrogen and oxygen atoms in total. The summed E-state index contributed by atoms with van der Waals surface area (Å²) >= 11 is 0. The minimum absolute atomic E-state index is 0.0856. The molecule has 2 aliphatic rings. The lowest BCUT2D eigenvalue weighted by Gasteiger charge is -2.43. The molecule has 0 bridgehead atoms. The van der Waals surface area contributed by atoms with E-state index in [4.69, 9.17) is 0 Å². The van der Waals surface area contributed by atoms with Crippen LogP contribution in [0.2, 0.25) is 0 Å². The molecule has 1 aromatic carbocycles. The Hall–Kier alpha value is -3.23. The zero-order chi connectivity index (χ0) is 21.7. The lowest BCUT2D eigenvalue weighted by molar-refractivity contribution is -0.176. The molecule has 0 aliphatic carbocycles. The Morgan fingerprint density at radius 2 is 1.93 bits per heavy atom. The van der Waals surface area contributed by atoms with Crippen LogP contribution in [0.5, 0.6) is 0 Å². The minimum atomic E-state index is -0.923. The molecule has 3 atom stereocenters. The maximum atomic E-state index is 13.3. The molecular weight excluding hydrogens is 388 g/mol. The number of nitrogens with one attached hydrogen (secondary N) is 2. The molecule has 160 valence electrons. The van der Waals surface area contributed by atoms with Crippen LogP contribution in [-0.2, 0) is 19.2 Å². The van der Waals surface area contributed by atoms with Crippen molar-refractivity contribution < 1.29 is 24.0 Å². The van der Waals surface area contributed by atoms with Gasteiger partial charge in [0.15, 0.2) is 0 Å². The van der Waals surface area contributed by atoms with Gasteiger partial charge in [0.25, 0.3) is 11.8 Å². The standard InChI is InChI=1S/C21H26N4O5/c1-2-15(13-26)22-20(29)17-9-6-12-24-18(27)11-10-16(21(30)25(17)24)23-19(28)14-7-4-3-5-8-14/h3-5,7-8,13,15-17H,2,6,9-12H2,1H3,(H,22,29)(H,23,28)/t15-,16-,17-/m0/s1. The van der Waals surface area contributed by atoms with Crippen molar-refractivity contribution in [2.75, 3.05) is 6.54 Å². The van der Waals surface area contributed by atoms with Crippen molar-refractivity contribution in [3.63, 3.8) is 0 Å². The molecule has 4 amide bonds. The van der Waals surface area contributed by atoms with E-state index in [2.05, 4.69) is 10.6 Å². The molecule has 2 heterocycles. The van der Waals surface area contributed by atoms with Gasteiger partial charge in [-0.15, -0.1) is 0 Å². The summed E-state index contributed by atoms with van der Waals surface area (Å²) in [4.78, 5) is 62.4. The highest BCUT2D eigenvalue weighted by atomic mass is 16.2. The SMILES string of the molecule is CC[C@@H](C=O)NC(=O)[C@@H]1CCCN2C(=O)CC[C@H](NC(=O)c3ccccc3)C(=O)N12. The monoisotopic (exact) mass is 414 g/mol. The van der Waals surface area contributed by atoms with E-state index >= 15 is 0 Å². The van der Waals surface area contributed by atoms with Gasteiger partial charge in [-0.3, -0.25) is 24.2 Å². The van der Waals surface area contributed by atoms with Crippen molar-refractivity contribution >= 4 is 29.9 Å².